The Bertz CT molecular complexity index is 3300. The lowest BCUT2D eigenvalue weighted by Gasteiger charge is -2.54. The maximum Gasteiger partial charge on any atom is 0.356 e. The molecule has 10 rings (SSSR count). The minimum absolute atomic E-state index is 0.103. The van der Waals surface area contributed by atoms with Crippen LogP contribution in [0.25, 0.3) is 11.0 Å². The molecule has 9 aromatic rings. The Morgan fingerprint density at radius 3 is 1.60 bits per heavy atom. The molecule has 3 atom stereocenters. The number of fused-ring (bicyclic) bond motifs is 1. The normalized spacial score (nSPS) is 15.0. The molecule has 12 nitrogen and oxygen atoms in total. The Morgan fingerprint density at radius 1 is 0.685 bits per heavy atom. The first-order valence-electron chi connectivity index (χ1n) is 23.6. The maximum atomic E-state index is 16.4. The molecule has 2 heterocycles. The summed E-state index contributed by atoms with van der Waals surface area (Å²) in [6, 6.07) is 70.7. The number of hydrogen-bond acceptors (Lipinski definition) is 10. The van der Waals surface area contributed by atoms with Gasteiger partial charge < -0.3 is 9.47 Å². The number of β-lactam (4-membered cyclic amide) rings is 1. The molecule has 1 aliphatic heterocycles. The number of benzene rings is 8. The number of aryl methyl sites for hydroxylation is 1. The highest BCUT2D eigenvalue weighted by Crippen LogP contribution is 2.59. The van der Waals surface area contributed by atoms with Gasteiger partial charge in [0, 0.05) is 33.0 Å². The van der Waals surface area contributed by atoms with Crippen molar-refractivity contribution in [3.63, 3.8) is 0 Å². The van der Waals surface area contributed by atoms with Gasteiger partial charge in [0.05, 0.1) is 15.2 Å². The zero-order chi connectivity index (χ0) is 50.5. The van der Waals surface area contributed by atoms with Crippen molar-refractivity contribution >= 4 is 74.5 Å². The molecule has 0 N–H and O–H groups in total. The van der Waals surface area contributed by atoms with Crippen molar-refractivity contribution in [3.8, 4) is 0 Å². The second kappa shape index (κ2) is 20.8. The minimum Gasteiger partial charge on any atom is -0.457 e. The van der Waals surface area contributed by atoms with E-state index in [1.807, 2.05) is 158 Å². The third-order valence-electron chi connectivity index (χ3n) is 13.2. The van der Waals surface area contributed by atoms with Crippen LogP contribution in [0.3, 0.4) is 0 Å². The lowest BCUT2D eigenvalue weighted by molar-refractivity contribution is -0.384. The topological polar surface area (TPSA) is 147 Å². The number of nitro benzene ring substituents is 1. The van der Waals surface area contributed by atoms with Crippen LogP contribution in [0.15, 0.2) is 224 Å². The Morgan fingerprint density at radius 2 is 1.15 bits per heavy atom. The smallest absolute Gasteiger partial charge is 0.356 e. The first kappa shape index (κ1) is 48.3. The summed E-state index contributed by atoms with van der Waals surface area (Å²) < 4.78 is 13.4. The molecular formula is C59H48N5O7PS. The van der Waals surface area contributed by atoms with Crippen LogP contribution in [0.1, 0.15) is 40.8 Å². The molecule has 0 radical (unpaired) electrons. The predicted octanol–water partition coefficient (Wildman–Crippen LogP) is 9.86. The van der Waals surface area contributed by atoms with Gasteiger partial charge in [-0.05, 0) is 68.0 Å². The van der Waals surface area contributed by atoms with E-state index >= 15 is 9.59 Å². The van der Waals surface area contributed by atoms with Crippen LogP contribution in [0.5, 0.6) is 0 Å². The van der Waals surface area contributed by atoms with E-state index < -0.39 is 51.8 Å². The van der Waals surface area contributed by atoms with E-state index in [2.05, 4.69) is 46.7 Å². The fourth-order valence-electron chi connectivity index (χ4n) is 9.88. The van der Waals surface area contributed by atoms with Crippen LogP contribution >= 0.6 is 18.6 Å². The van der Waals surface area contributed by atoms with Gasteiger partial charge in [0.2, 0.25) is 5.91 Å². The number of esters is 2. The molecule has 0 aliphatic carbocycles. The van der Waals surface area contributed by atoms with Crippen molar-refractivity contribution in [2.75, 3.05) is 0 Å². The molecule has 362 valence electrons. The summed E-state index contributed by atoms with van der Waals surface area (Å²) in [4.78, 5) is 58.9. The Balaban J connectivity index is 1.30. The Labute approximate surface area is 426 Å². The zero-order valence-corrected chi connectivity index (χ0v) is 41.5. The average Bonchev–Trinajstić information content (AvgIpc) is 3.81. The van der Waals surface area contributed by atoms with E-state index in [-0.39, 0.29) is 17.7 Å². The molecule has 73 heavy (non-hydrogen) atoms. The lowest BCUT2D eigenvalue weighted by Crippen LogP contribution is -2.67. The minimum atomic E-state index is -3.51. The van der Waals surface area contributed by atoms with Gasteiger partial charge in [0.15, 0.2) is 0 Å². The molecule has 8 aromatic carbocycles. The lowest BCUT2D eigenvalue weighted by atomic mass is 9.84. The summed E-state index contributed by atoms with van der Waals surface area (Å²) in [7, 11) is 1.79. The molecule has 1 aliphatic rings. The second-order valence-electron chi connectivity index (χ2n) is 17.5. The third-order valence-corrected chi connectivity index (χ3v) is 19.2. The number of amides is 1. The van der Waals surface area contributed by atoms with Gasteiger partial charge in [0.1, 0.15) is 34.9 Å². The SMILES string of the molecule is CC(=O)OC(c1ccc2c(c1)nnn2C)C1C(=O)N(C(C(=O)OCc2ccc([N+](=O)[O-])cc2)=P(c2ccccc2)(c2ccccc2)c2ccccc2)C1SC(c1ccccc1)(c1ccccc1)c1ccccc1. The van der Waals surface area contributed by atoms with Crippen LogP contribution in [0.4, 0.5) is 5.69 Å². The van der Waals surface area contributed by atoms with Crippen molar-refractivity contribution in [1.29, 1.82) is 0 Å². The largest absolute Gasteiger partial charge is 0.457 e. The van der Waals surface area contributed by atoms with Crippen molar-refractivity contribution in [2.24, 2.45) is 13.0 Å². The van der Waals surface area contributed by atoms with Crippen LogP contribution in [-0.2, 0) is 42.3 Å². The summed E-state index contributed by atoms with van der Waals surface area (Å²) in [6.07, 6.45) is -1.17. The van der Waals surface area contributed by atoms with E-state index in [1.165, 1.54) is 30.8 Å². The van der Waals surface area contributed by atoms with E-state index in [0.717, 1.165) is 38.1 Å². The van der Waals surface area contributed by atoms with Crippen LogP contribution in [0.2, 0.25) is 0 Å². The van der Waals surface area contributed by atoms with Gasteiger partial charge in [-0.15, -0.1) is 16.9 Å². The molecule has 1 saturated heterocycles. The molecule has 1 aromatic heterocycles. The summed E-state index contributed by atoms with van der Waals surface area (Å²) in [5.41, 5.74) is 5.01. The highest BCUT2D eigenvalue weighted by Gasteiger charge is 2.60. The Hall–Kier alpha value is -8.38. The number of thioether (sulfide) groups is 1. The van der Waals surface area contributed by atoms with Gasteiger partial charge in [-0.3, -0.25) is 24.6 Å². The molecule has 0 saturated carbocycles. The van der Waals surface area contributed by atoms with Crippen LogP contribution < -0.4 is 15.9 Å². The van der Waals surface area contributed by atoms with E-state index in [1.54, 1.807) is 34.8 Å². The molecule has 3 unspecified atom stereocenters. The number of likely N-dealkylation sites (tertiary alicyclic amines) is 1. The number of carbonyl (C=O) groups is 3. The van der Waals surface area contributed by atoms with Crippen molar-refractivity contribution in [3.05, 3.63) is 262 Å². The molecule has 1 fully saturated rings. The van der Waals surface area contributed by atoms with Gasteiger partial charge in [0.25, 0.3) is 5.69 Å². The second-order valence-corrected chi connectivity index (χ2v) is 22.2. The van der Waals surface area contributed by atoms with E-state index in [4.69, 9.17) is 9.47 Å². The van der Waals surface area contributed by atoms with Gasteiger partial charge >= 0.3 is 11.9 Å². The standard InChI is InChI=1S/C59H48N5O7PS/c1-41(65)71-54(43-35-38-52-51(39-43)60-61-62(52)2)53-55(66)63(57(53)73-59(44-21-9-3-10-22-44,45-23-11-4-12-24-45)46-25-13-5-14-26-46)56(58(67)70-40-42-33-36-47(37-34-42)64(68)69)72(48-27-15-6-16-28-48,49-29-17-7-18-30-49)50-31-19-8-20-32-50/h3-39,53-54,57H,40H2,1-2H3. The van der Waals surface area contributed by atoms with E-state index in [9.17, 15) is 14.9 Å². The molecule has 0 spiro atoms. The maximum absolute atomic E-state index is 16.4. The molecule has 1 amide bonds. The number of nitro groups is 1. The number of rotatable bonds is 16. The van der Waals surface area contributed by atoms with Crippen molar-refractivity contribution in [2.45, 2.75) is 29.8 Å². The monoisotopic (exact) mass is 1000 g/mol. The highest BCUT2D eigenvalue weighted by atomic mass is 32.2. The average molecular weight is 1000 g/mol. The highest BCUT2D eigenvalue weighted by molar-refractivity contribution is 8.01. The molecule has 14 heteroatoms. The number of carbonyl (C=O) groups excluding carboxylic acids is 3. The van der Waals surface area contributed by atoms with Crippen LogP contribution in [0, 0.1) is 16.0 Å². The first-order chi connectivity index (χ1) is 35.6. The number of hydrogen-bond donors (Lipinski definition) is 0. The van der Waals surface area contributed by atoms with Crippen molar-refractivity contribution < 1.29 is 28.8 Å². The fraction of sp³-hybridized carbons (Fsp3) is 0.119. The number of ether oxygens (including phenoxy) is 2. The molecule has 0 bridgehead atoms. The number of non-ortho nitro benzene ring substituents is 1. The Kier molecular flexibility index (Phi) is 13.7. The molecular weight excluding hydrogens is 954 g/mol. The van der Waals surface area contributed by atoms with E-state index in [0.29, 0.717) is 16.6 Å². The van der Waals surface area contributed by atoms with Gasteiger partial charge in [-0.2, -0.15) is 0 Å². The summed E-state index contributed by atoms with van der Waals surface area (Å²) >= 11 is 1.49. The summed E-state index contributed by atoms with van der Waals surface area (Å²) in [6.45, 7) is -2.45. The summed E-state index contributed by atoms with van der Waals surface area (Å²) in [5, 5.41) is 21.7. The number of aromatic nitrogens is 3. The quantitative estimate of drug-likeness (QED) is 0.0229. The fourth-order valence-corrected chi connectivity index (χ4v) is 16.2. The zero-order valence-electron chi connectivity index (χ0n) is 39.8. The summed E-state index contributed by atoms with van der Waals surface area (Å²) in [5.74, 6) is -2.94. The third kappa shape index (κ3) is 9.02. The van der Waals surface area contributed by atoms with Gasteiger partial charge in [-0.1, -0.05) is 193 Å². The van der Waals surface area contributed by atoms with Crippen LogP contribution in [-0.4, -0.2) is 53.5 Å². The first-order valence-corrected chi connectivity index (χ1v) is 26.3. The number of nitrogens with zero attached hydrogens (tertiary/aromatic N) is 5. The van der Waals surface area contributed by atoms with Gasteiger partial charge in [-0.25, -0.2) is 9.48 Å². The predicted molar refractivity (Wildman–Crippen MR) is 287 cm³/mol. The van der Waals surface area contributed by atoms with Crippen molar-refractivity contribution in [1.82, 2.24) is 19.9 Å².